The Morgan fingerprint density at radius 3 is 2.38 bits per heavy atom. The largest absolute Gasteiger partial charge is 0.489 e. The Balaban J connectivity index is 2.01. The van der Waals surface area contributed by atoms with Crippen molar-refractivity contribution in [3.8, 4) is 5.75 Å². The van der Waals surface area contributed by atoms with Gasteiger partial charge >= 0.3 is 0 Å². The van der Waals surface area contributed by atoms with Gasteiger partial charge in [-0.1, -0.05) is 57.2 Å². The van der Waals surface area contributed by atoms with Crippen molar-refractivity contribution in [2.45, 2.75) is 33.5 Å². The Morgan fingerprint density at radius 1 is 1.08 bits per heavy atom. The van der Waals surface area contributed by atoms with Crippen molar-refractivity contribution in [2.75, 3.05) is 6.54 Å². The molecule has 2 aromatic rings. The minimum atomic E-state index is -0.603. The molecule has 2 rings (SSSR count). The number of carbonyl (C=O) groups excluding carboxylic acids is 1. The molecule has 0 saturated carbocycles. The molecule has 0 aliphatic carbocycles. The van der Waals surface area contributed by atoms with Gasteiger partial charge in [0.1, 0.15) is 12.4 Å². The summed E-state index contributed by atoms with van der Waals surface area (Å²) in [6.45, 7) is 6.34. The highest BCUT2D eigenvalue weighted by molar-refractivity contribution is 5.95. The molecule has 24 heavy (non-hydrogen) atoms. The maximum absolute atomic E-state index is 12.4. The molecule has 0 bridgehead atoms. The lowest BCUT2D eigenvalue weighted by Crippen LogP contribution is -2.39. The van der Waals surface area contributed by atoms with Crippen LogP contribution in [0.25, 0.3) is 0 Å². The summed E-state index contributed by atoms with van der Waals surface area (Å²) in [5.74, 6) is 0.557. The van der Waals surface area contributed by atoms with Crippen molar-refractivity contribution in [1.29, 1.82) is 0 Å². The van der Waals surface area contributed by atoms with E-state index < -0.39 is 6.10 Å². The van der Waals surface area contributed by atoms with E-state index in [-0.39, 0.29) is 17.9 Å². The number of ether oxygens (including phenoxy) is 1. The van der Waals surface area contributed by atoms with Gasteiger partial charge in [0, 0.05) is 17.7 Å². The van der Waals surface area contributed by atoms with Gasteiger partial charge in [-0.15, -0.1) is 0 Å². The van der Waals surface area contributed by atoms with E-state index in [1.54, 1.807) is 6.07 Å². The first-order valence-corrected chi connectivity index (χ1v) is 8.10. The van der Waals surface area contributed by atoms with Gasteiger partial charge in [0.2, 0.25) is 0 Å². The molecule has 0 aliphatic heterocycles. The molecule has 0 heterocycles. The first-order chi connectivity index (χ1) is 11.4. The Hall–Kier alpha value is -2.33. The van der Waals surface area contributed by atoms with Crippen LogP contribution in [0.3, 0.4) is 0 Å². The number of rotatable bonds is 6. The van der Waals surface area contributed by atoms with E-state index in [1.165, 1.54) is 0 Å². The van der Waals surface area contributed by atoms with Crippen LogP contribution in [0, 0.1) is 5.41 Å². The fourth-order valence-corrected chi connectivity index (χ4v) is 2.14. The number of carbonyl (C=O) groups is 1. The van der Waals surface area contributed by atoms with Gasteiger partial charge in [-0.05, 0) is 23.6 Å². The lowest BCUT2D eigenvalue weighted by atomic mass is 9.89. The van der Waals surface area contributed by atoms with E-state index in [1.807, 2.05) is 69.3 Å². The third-order valence-electron chi connectivity index (χ3n) is 3.86. The molecule has 1 unspecified atom stereocenters. The van der Waals surface area contributed by atoms with Crippen molar-refractivity contribution in [3.63, 3.8) is 0 Å². The monoisotopic (exact) mass is 327 g/mol. The Labute approximate surface area is 143 Å². The number of aliphatic hydroxyl groups excluding tert-OH is 1. The zero-order chi connectivity index (χ0) is 17.6. The summed E-state index contributed by atoms with van der Waals surface area (Å²) in [7, 11) is 0. The number of hydrogen-bond acceptors (Lipinski definition) is 3. The second-order valence-electron chi connectivity index (χ2n) is 6.85. The van der Waals surface area contributed by atoms with Gasteiger partial charge in [0.25, 0.3) is 5.91 Å². The summed E-state index contributed by atoms with van der Waals surface area (Å²) in [6.07, 6.45) is -0.603. The van der Waals surface area contributed by atoms with E-state index in [4.69, 9.17) is 4.74 Å². The molecule has 0 spiro atoms. The van der Waals surface area contributed by atoms with Crippen molar-refractivity contribution < 1.29 is 14.6 Å². The van der Waals surface area contributed by atoms with Gasteiger partial charge < -0.3 is 15.2 Å². The fraction of sp³-hybridized carbons (Fsp3) is 0.350. The van der Waals surface area contributed by atoms with Crippen LogP contribution in [-0.2, 0) is 6.61 Å². The maximum atomic E-state index is 12.4. The second kappa shape index (κ2) is 7.97. The summed E-state index contributed by atoms with van der Waals surface area (Å²) in [4.78, 5) is 12.4. The molecule has 2 N–H and O–H groups in total. The first-order valence-electron chi connectivity index (χ1n) is 8.10. The number of hydrogen-bond donors (Lipinski definition) is 2. The van der Waals surface area contributed by atoms with Crippen molar-refractivity contribution in [1.82, 2.24) is 5.32 Å². The number of aliphatic hydroxyl groups is 1. The zero-order valence-corrected chi connectivity index (χ0v) is 14.5. The first kappa shape index (κ1) is 18.0. The number of benzene rings is 2. The van der Waals surface area contributed by atoms with Gasteiger partial charge in [-0.3, -0.25) is 4.79 Å². The topological polar surface area (TPSA) is 58.6 Å². The SMILES string of the molecule is CC(C)(C)C(O)CNC(=O)c1ccccc1COc1ccccc1. The molecule has 1 amide bonds. The lowest BCUT2D eigenvalue weighted by Gasteiger charge is -2.26. The standard InChI is InChI=1S/C20H25NO3/c1-20(2,3)18(22)13-21-19(23)17-12-8-7-9-15(17)14-24-16-10-5-4-6-11-16/h4-12,18,22H,13-14H2,1-3H3,(H,21,23). The molecule has 1 atom stereocenters. The minimum absolute atomic E-state index is 0.203. The van der Waals surface area contributed by atoms with E-state index in [9.17, 15) is 9.90 Å². The molecular formula is C20H25NO3. The third kappa shape index (κ3) is 5.10. The number of nitrogens with one attached hydrogen (secondary N) is 1. The van der Waals surface area contributed by atoms with Crippen LogP contribution in [0.5, 0.6) is 5.75 Å². The van der Waals surface area contributed by atoms with E-state index >= 15 is 0 Å². The summed E-state index contributed by atoms with van der Waals surface area (Å²) >= 11 is 0. The van der Waals surface area contributed by atoms with Crippen molar-refractivity contribution in [3.05, 3.63) is 65.7 Å². The normalized spacial score (nSPS) is 12.5. The Bertz CT molecular complexity index is 662. The van der Waals surface area contributed by atoms with E-state index in [0.29, 0.717) is 12.2 Å². The Kier molecular flexibility index (Phi) is 5.99. The lowest BCUT2D eigenvalue weighted by molar-refractivity contribution is 0.0586. The predicted octanol–water partition coefficient (Wildman–Crippen LogP) is 3.40. The molecule has 4 nitrogen and oxygen atoms in total. The summed E-state index contributed by atoms with van der Waals surface area (Å²) in [5.41, 5.74) is 1.10. The van der Waals surface area contributed by atoms with Crippen LogP contribution in [0.4, 0.5) is 0 Å². The van der Waals surface area contributed by atoms with Gasteiger partial charge in [-0.2, -0.15) is 0 Å². The van der Waals surface area contributed by atoms with Crippen LogP contribution < -0.4 is 10.1 Å². The molecule has 0 aliphatic rings. The van der Waals surface area contributed by atoms with Crippen LogP contribution >= 0.6 is 0 Å². The van der Waals surface area contributed by atoms with Crippen LogP contribution in [0.15, 0.2) is 54.6 Å². The Morgan fingerprint density at radius 2 is 1.71 bits per heavy atom. The molecule has 128 valence electrons. The highest BCUT2D eigenvalue weighted by atomic mass is 16.5. The molecular weight excluding hydrogens is 302 g/mol. The third-order valence-corrected chi connectivity index (χ3v) is 3.86. The summed E-state index contributed by atoms with van der Waals surface area (Å²) in [6, 6.07) is 16.8. The van der Waals surface area contributed by atoms with Crippen molar-refractivity contribution >= 4 is 5.91 Å². The molecule has 4 heteroatoms. The molecule has 0 aromatic heterocycles. The second-order valence-corrected chi connectivity index (χ2v) is 6.85. The maximum Gasteiger partial charge on any atom is 0.251 e. The molecule has 0 fully saturated rings. The quantitative estimate of drug-likeness (QED) is 0.855. The summed E-state index contributed by atoms with van der Waals surface area (Å²) in [5, 5.41) is 12.9. The van der Waals surface area contributed by atoms with Gasteiger partial charge in [-0.25, -0.2) is 0 Å². The number of para-hydroxylation sites is 1. The zero-order valence-electron chi connectivity index (χ0n) is 14.5. The van der Waals surface area contributed by atoms with Gasteiger partial charge in [0.05, 0.1) is 6.10 Å². The highest BCUT2D eigenvalue weighted by Gasteiger charge is 2.23. The average Bonchev–Trinajstić information content (AvgIpc) is 2.58. The van der Waals surface area contributed by atoms with Crippen LogP contribution in [0.1, 0.15) is 36.7 Å². The van der Waals surface area contributed by atoms with Gasteiger partial charge in [0.15, 0.2) is 0 Å². The number of amides is 1. The summed E-state index contributed by atoms with van der Waals surface area (Å²) < 4.78 is 5.73. The average molecular weight is 327 g/mol. The molecule has 0 saturated heterocycles. The van der Waals surface area contributed by atoms with E-state index in [0.717, 1.165) is 11.3 Å². The molecule has 0 radical (unpaired) electrons. The smallest absolute Gasteiger partial charge is 0.251 e. The fourth-order valence-electron chi connectivity index (χ4n) is 2.14. The van der Waals surface area contributed by atoms with Crippen molar-refractivity contribution in [2.24, 2.45) is 5.41 Å². The highest BCUT2D eigenvalue weighted by Crippen LogP contribution is 2.19. The minimum Gasteiger partial charge on any atom is -0.489 e. The van der Waals surface area contributed by atoms with E-state index in [2.05, 4.69) is 5.32 Å². The molecule has 2 aromatic carbocycles. The van der Waals surface area contributed by atoms with Crippen LogP contribution in [0.2, 0.25) is 0 Å². The predicted molar refractivity (Wildman–Crippen MR) is 95.0 cm³/mol. The van der Waals surface area contributed by atoms with Crippen LogP contribution in [-0.4, -0.2) is 23.7 Å².